The molecule has 0 heterocycles. The van der Waals surface area contributed by atoms with E-state index in [0.717, 1.165) is 12.2 Å². The van der Waals surface area contributed by atoms with Crippen LogP contribution in [0, 0.1) is 5.82 Å². The van der Waals surface area contributed by atoms with Gasteiger partial charge in [-0.15, -0.1) is 0 Å². The first kappa shape index (κ1) is 16.8. The maximum absolute atomic E-state index is 12.8. The number of rotatable bonds is 7. The van der Waals surface area contributed by atoms with Crippen molar-refractivity contribution in [1.29, 1.82) is 0 Å². The zero-order valence-corrected chi connectivity index (χ0v) is 11.8. The molecule has 1 aromatic rings. The van der Waals surface area contributed by atoms with Gasteiger partial charge in [-0.05, 0) is 24.6 Å². The Labute approximate surface area is 121 Å². The molecule has 0 aliphatic carbocycles. The molecule has 1 amide bonds. The molecule has 0 atom stereocenters. The average Bonchev–Trinajstić information content (AvgIpc) is 2.47. The molecule has 0 aromatic heterocycles. The van der Waals surface area contributed by atoms with Crippen molar-refractivity contribution in [2.45, 2.75) is 19.9 Å². The van der Waals surface area contributed by atoms with Crippen LogP contribution in [0.15, 0.2) is 24.3 Å². The van der Waals surface area contributed by atoms with E-state index < -0.39 is 29.9 Å². The summed E-state index contributed by atoms with van der Waals surface area (Å²) in [6.07, 6.45) is -0.645. The Morgan fingerprint density at radius 1 is 1.19 bits per heavy atom. The molecular weight excluding hydrogens is 281 g/mol. The third-order valence-electron chi connectivity index (χ3n) is 2.53. The Kier molecular flexibility index (Phi) is 6.48. The van der Waals surface area contributed by atoms with Gasteiger partial charge in [0.15, 0.2) is 0 Å². The standard InChI is InChI=1S/C14H16FNO5/c1-3-21-16(9-10-4-6-11(15)7-5-10)13(18)8-12(17)14(19)20-2/h4-7H,3,8-9H2,1-2H3. The number of Topliss-reactive ketones (excluding diaryl/α,β-unsaturated/α-hetero) is 1. The lowest BCUT2D eigenvalue weighted by Gasteiger charge is -2.20. The van der Waals surface area contributed by atoms with Gasteiger partial charge in [0.1, 0.15) is 5.82 Å². The number of hydrogen-bond acceptors (Lipinski definition) is 5. The SMILES string of the molecule is CCON(Cc1ccc(F)cc1)C(=O)CC(=O)C(=O)OC. The van der Waals surface area contributed by atoms with E-state index in [1.54, 1.807) is 6.92 Å². The second-order valence-corrected chi connectivity index (χ2v) is 4.07. The first-order valence-corrected chi connectivity index (χ1v) is 6.26. The molecule has 0 spiro atoms. The van der Waals surface area contributed by atoms with Gasteiger partial charge in [-0.2, -0.15) is 0 Å². The van der Waals surface area contributed by atoms with Gasteiger partial charge in [0.2, 0.25) is 5.78 Å². The van der Waals surface area contributed by atoms with E-state index in [4.69, 9.17) is 4.84 Å². The number of carbonyl (C=O) groups is 3. The molecule has 0 N–H and O–H groups in total. The van der Waals surface area contributed by atoms with E-state index in [-0.39, 0.29) is 13.2 Å². The molecule has 0 bridgehead atoms. The number of amides is 1. The zero-order chi connectivity index (χ0) is 15.8. The Morgan fingerprint density at radius 2 is 1.81 bits per heavy atom. The number of ether oxygens (including phenoxy) is 1. The van der Waals surface area contributed by atoms with Gasteiger partial charge in [-0.3, -0.25) is 14.4 Å². The number of carbonyl (C=O) groups excluding carboxylic acids is 3. The summed E-state index contributed by atoms with van der Waals surface area (Å²) in [7, 11) is 1.06. The first-order chi connectivity index (χ1) is 9.97. The van der Waals surface area contributed by atoms with Crippen molar-refractivity contribution < 1.29 is 28.3 Å². The van der Waals surface area contributed by atoms with Gasteiger partial charge < -0.3 is 4.74 Å². The molecule has 0 fully saturated rings. The van der Waals surface area contributed by atoms with Gasteiger partial charge in [-0.25, -0.2) is 14.2 Å². The second-order valence-electron chi connectivity index (χ2n) is 4.07. The number of methoxy groups -OCH3 is 1. The lowest BCUT2D eigenvalue weighted by Crippen LogP contribution is -2.34. The summed E-state index contributed by atoms with van der Waals surface area (Å²) in [6.45, 7) is 1.92. The highest BCUT2D eigenvalue weighted by Gasteiger charge is 2.23. The van der Waals surface area contributed by atoms with Crippen LogP contribution in [-0.2, 0) is 30.5 Å². The predicted molar refractivity (Wildman–Crippen MR) is 70.2 cm³/mol. The summed E-state index contributed by atoms with van der Waals surface area (Å²) in [5.41, 5.74) is 0.628. The van der Waals surface area contributed by atoms with Crippen LogP contribution in [-0.4, -0.2) is 36.4 Å². The molecule has 0 unspecified atom stereocenters. The summed E-state index contributed by atoms with van der Waals surface area (Å²) in [4.78, 5) is 39.4. The first-order valence-electron chi connectivity index (χ1n) is 6.26. The fourth-order valence-electron chi connectivity index (χ4n) is 1.53. The highest BCUT2D eigenvalue weighted by atomic mass is 19.1. The summed E-state index contributed by atoms with van der Waals surface area (Å²) in [5.74, 6) is -3.10. The highest BCUT2D eigenvalue weighted by Crippen LogP contribution is 2.09. The van der Waals surface area contributed by atoms with Gasteiger partial charge in [0, 0.05) is 0 Å². The average molecular weight is 297 g/mol. The molecule has 6 nitrogen and oxygen atoms in total. The van der Waals surface area contributed by atoms with E-state index >= 15 is 0 Å². The molecule has 0 aliphatic heterocycles. The molecule has 114 valence electrons. The largest absolute Gasteiger partial charge is 0.463 e. The van der Waals surface area contributed by atoms with Crippen molar-refractivity contribution in [3.05, 3.63) is 35.6 Å². The van der Waals surface area contributed by atoms with Crippen molar-refractivity contribution in [1.82, 2.24) is 5.06 Å². The third-order valence-corrected chi connectivity index (χ3v) is 2.53. The molecule has 21 heavy (non-hydrogen) atoms. The Morgan fingerprint density at radius 3 is 2.33 bits per heavy atom. The van der Waals surface area contributed by atoms with Crippen molar-refractivity contribution in [3.8, 4) is 0 Å². The quantitative estimate of drug-likeness (QED) is 0.328. The van der Waals surface area contributed by atoms with E-state index in [1.807, 2.05) is 0 Å². The summed E-state index contributed by atoms with van der Waals surface area (Å²) >= 11 is 0. The minimum atomic E-state index is -1.08. The minimum absolute atomic E-state index is 0.0431. The molecule has 0 aliphatic rings. The molecule has 7 heteroatoms. The predicted octanol–water partition coefficient (Wildman–Crippen LogP) is 1.24. The number of hydrogen-bond donors (Lipinski definition) is 0. The van der Waals surface area contributed by atoms with Gasteiger partial charge in [0.25, 0.3) is 5.91 Å². The third kappa shape index (κ3) is 5.31. The van der Waals surface area contributed by atoms with Crippen LogP contribution in [0.25, 0.3) is 0 Å². The molecular formula is C14H16FNO5. The smallest absolute Gasteiger partial charge is 0.374 e. The summed E-state index contributed by atoms with van der Waals surface area (Å²) in [6, 6.07) is 5.50. The van der Waals surface area contributed by atoms with Gasteiger partial charge >= 0.3 is 5.97 Å². The van der Waals surface area contributed by atoms with Crippen molar-refractivity contribution in [3.63, 3.8) is 0 Å². The summed E-state index contributed by atoms with van der Waals surface area (Å²) < 4.78 is 17.1. The van der Waals surface area contributed by atoms with Gasteiger partial charge in [-0.1, -0.05) is 12.1 Å². The van der Waals surface area contributed by atoms with Crippen LogP contribution >= 0.6 is 0 Å². The van der Waals surface area contributed by atoms with Crippen LogP contribution in [0.5, 0.6) is 0 Å². The number of ketones is 1. The lowest BCUT2D eigenvalue weighted by atomic mass is 10.2. The van der Waals surface area contributed by atoms with E-state index in [1.165, 1.54) is 24.3 Å². The van der Waals surface area contributed by atoms with E-state index in [2.05, 4.69) is 4.74 Å². The monoisotopic (exact) mass is 297 g/mol. The maximum Gasteiger partial charge on any atom is 0.374 e. The van der Waals surface area contributed by atoms with Gasteiger partial charge in [0.05, 0.1) is 26.7 Å². The molecule has 1 aromatic carbocycles. The second kappa shape index (κ2) is 8.11. The Hall–Kier alpha value is -2.28. The highest BCUT2D eigenvalue weighted by molar-refractivity contribution is 6.36. The van der Waals surface area contributed by atoms with Crippen LogP contribution in [0.3, 0.4) is 0 Å². The maximum atomic E-state index is 12.8. The van der Waals surface area contributed by atoms with Crippen molar-refractivity contribution in [2.24, 2.45) is 0 Å². The normalized spacial score (nSPS) is 10.0. The van der Waals surface area contributed by atoms with Crippen LogP contribution in [0.2, 0.25) is 0 Å². The Balaban J connectivity index is 2.71. The number of benzene rings is 1. The van der Waals surface area contributed by atoms with Crippen LogP contribution in [0.1, 0.15) is 18.9 Å². The number of esters is 1. The van der Waals surface area contributed by atoms with Crippen molar-refractivity contribution >= 4 is 17.7 Å². The Bertz CT molecular complexity index is 515. The van der Waals surface area contributed by atoms with Crippen LogP contribution < -0.4 is 0 Å². The van der Waals surface area contributed by atoms with E-state index in [9.17, 15) is 18.8 Å². The minimum Gasteiger partial charge on any atom is -0.463 e. The van der Waals surface area contributed by atoms with Crippen molar-refractivity contribution in [2.75, 3.05) is 13.7 Å². The zero-order valence-electron chi connectivity index (χ0n) is 11.8. The van der Waals surface area contributed by atoms with Crippen LogP contribution in [0.4, 0.5) is 4.39 Å². The molecule has 0 saturated heterocycles. The fourth-order valence-corrected chi connectivity index (χ4v) is 1.53. The molecule has 0 saturated carbocycles. The molecule has 1 rings (SSSR count). The number of halogens is 1. The number of hydroxylamine groups is 2. The number of nitrogens with zero attached hydrogens (tertiary/aromatic N) is 1. The lowest BCUT2D eigenvalue weighted by molar-refractivity contribution is -0.189. The summed E-state index contributed by atoms with van der Waals surface area (Å²) in [5, 5.41) is 0.966. The van der Waals surface area contributed by atoms with E-state index in [0.29, 0.717) is 5.56 Å². The fraction of sp³-hybridized carbons (Fsp3) is 0.357. The topological polar surface area (TPSA) is 72.9 Å². The molecule has 0 radical (unpaired) electrons.